The molecule has 0 saturated heterocycles. The Hall–Kier alpha value is -3.25. The fourth-order valence-corrected chi connectivity index (χ4v) is 3.69. The second-order valence-electron chi connectivity index (χ2n) is 6.90. The predicted octanol–water partition coefficient (Wildman–Crippen LogP) is 5.36. The summed E-state index contributed by atoms with van der Waals surface area (Å²) < 4.78 is 35.1. The standard InChI is InChI=1S/C23H17ClF2N2O2/c1-13-11-28(12-14-6-8-15(30-2)9-7-14)23(29)20-16(24)10-19(27-22(13)20)21-17(25)4-3-5-18(21)26/h3-11H,12H2,1-2H3. The second kappa shape index (κ2) is 7.88. The summed E-state index contributed by atoms with van der Waals surface area (Å²) in [6, 6.07) is 12.3. The minimum absolute atomic E-state index is 0.0403. The number of fused-ring (bicyclic) bond motifs is 1. The van der Waals surface area contributed by atoms with Crippen molar-refractivity contribution in [2.75, 3.05) is 7.11 Å². The summed E-state index contributed by atoms with van der Waals surface area (Å²) in [5.41, 5.74) is 1.33. The van der Waals surface area contributed by atoms with E-state index in [1.165, 1.54) is 16.7 Å². The quantitative estimate of drug-likeness (QED) is 0.441. The first-order valence-electron chi connectivity index (χ1n) is 9.16. The van der Waals surface area contributed by atoms with E-state index in [9.17, 15) is 13.6 Å². The lowest BCUT2D eigenvalue weighted by atomic mass is 10.1. The van der Waals surface area contributed by atoms with Gasteiger partial charge in [0.15, 0.2) is 0 Å². The molecular formula is C23H17ClF2N2O2. The Balaban J connectivity index is 1.85. The Morgan fingerprint density at radius 2 is 1.77 bits per heavy atom. The number of aryl methyl sites for hydroxylation is 1. The molecule has 0 atom stereocenters. The van der Waals surface area contributed by atoms with Crippen LogP contribution in [0.1, 0.15) is 11.1 Å². The molecule has 2 heterocycles. The molecule has 0 N–H and O–H groups in total. The monoisotopic (exact) mass is 426 g/mol. The van der Waals surface area contributed by atoms with Crippen molar-refractivity contribution in [2.24, 2.45) is 0 Å². The molecule has 30 heavy (non-hydrogen) atoms. The van der Waals surface area contributed by atoms with E-state index in [0.717, 1.165) is 23.4 Å². The lowest BCUT2D eigenvalue weighted by molar-refractivity contribution is 0.414. The average Bonchev–Trinajstić information content (AvgIpc) is 2.72. The predicted molar refractivity (Wildman–Crippen MR) is 113 cm³/mol. The van der Waals surface area contributed by atoms with Crippen LogP contribution in [0, 0.1) is 18.6 Å². The number of methoxy groups -OCH3 is 1. The van der Waals surface area contributed by atoms with Crippen LogP contribution < -0.4 is 10.3 Å². The van der Waals surface area contributed by atoms with Gasteiger partial charge in [-0.25, -0.2) is 13.8 Å². The molecule has 0 unspecified atom stereocenters. The summed E-state index contributed by atoms with van der Waals surface area (Å²) in [5, 5.41) is 0.306. The van der Waals surface area contributed by atoms with E-state index in [1.807, 2.05) is 24.3 Å². The van der Waals surface area contributed by atoms with Gasteiger partial charge in [-0.2, -0.15) is 0 Å². The molecular weight excluding hydrogens is 410 g/mol. The lowest BCUT2D eigenvalue weighted by Gasteiger charge is -2.13. The third kappa shape index (κ3) is 3.55. The minimum atomic E-state index is -0.747. The van der Waals surface area contributed by atoms with Gasteiger partial charge in [0.1, 0.15) is 17.4 Å². The highest BCUT2D eigenvalue weighted by Gasteiger charge is 2.18. The van der Waals surface area contributed by atoms with E-state index in [2.05, 4.69) is 4.98 Å². The Morgan fingerprint density at radius 1 is 1.10 bits per heavy atom. The van der Waals surface area contributed by atoms with Crippen LogP contribution in [0.15, 0.2) is 59.5 Å². The first-order chi connectivity index (χ1) is 14.4. The summed E-state index contributed by atoms with van der Waals surface area (Å²) in [5.74, 6) is -0.771. The SMILES string of the molecule is COc1ccc(Cn2cc(C)c3nc(-c4c(F)cccc4F)cc(Cl)c3c2=O)cc1. The van der Waals surface area contributed by atoms with Crippen molar-refractivity contribution in [1.29, 1.82) is 0 Å². The van der Waals surface area contributed by atoms with E-state index in [4.69, 9.17) is 16.3 Å². The molecule has 0 aliphatic carbocycles. The molecule has 2 aromatic carbocycles. The summed E-state index contributed by atoms with van der Waals surface area (Å²) in [6.07, 6.45) is 1.67. The summed E-state index contributed by atoms with van der Waals surface area (Å²) in [6.45, 7) is 2.11. The Kier molecular flexibility index (Phi) is 5.26. The molecule has 0 amide bonds. The van der Waals surface area contributed by atoms with Gasteiger partial charge in [0.2, 0.25) is 0 Å². The first-order valence-corrected chi connectivity index (χ1v) is 9.54. The number of nitrogens with zero attached hydrogens (tertiary/aromatic N) is 2. The fourth-order valence-electron chi connectivity index (χ4n) is 3.42. The van der Waals surface area contributed by atoms with Gasteiger partial charge in [0.05, 0.1) is 40.8 Å². The molecule has 152 valence electrons. The van der Waals surface area contributed by atoms with Crippen molar-refractivity contribution in [3.8, 4) is 17.0 Å². The molecule has 0 spiro atoms. The number of halogens is 3. The van der Waals surface area contributed by atoms with Crippen molar-refractivity contribution < 1.29 is 13.5 Å². The molecule has 0 aliphatic heterocycles. The maximum Gasteiger partial charge on any atom is 0.261 e. The first kappa shape index (κ1) is 20.0. The number of rotatable bonds is 4. The van der Waals surface area contributed by atoms with Crippen LogP contribution in [-0.4, -0.2) is 16.7 Å². The number of aromatic nitrogens is 2. The average molecular weight is 427 g/mol. The molecule has 2 aromatic heterocycles. The Bertz CT molecular complexity index is 1300. The van der Waals surface area contributed by atoms with Crippen LogP contribution in [0.3, 0.4) is 0 Å². The minimum Gasteiger partial charge on any atom is -0.497 e. The normalized spacial score (nSPS) is 11.1. The van der Waals surface area contributed by atoms with Crippen LogP contribution in [0.25, 0.3) is 22.2 Å². The van der Waals surface area contributed by atoms with Gasteiger partial charge in [-0.05, 0) is 48.4 Å². The topological polar surface area (TPSA) is 44.1 Å². The third-order valence-corrected chi connectivity index (χ3v) is 5.20. The maximum atomic E-state index is 14.2. The number of hydrogen-bond donors (Lipinski definition) is 0. The van der Waals surface area contributed by atoms with Crippen LogP contribution in [0.2, 0.25) is 5.02 Å². The highest BCUT2D eigenvalue weighted by Crippen LogP contribution is 2.30. The summed E-state index contributed by atoms with van der Waals surface area (Å²) in [7, 11) is 1.59. The van der Waals surface area contributed by atoms with E-state index in [0.29, 0.717) is 17.6 Å². The van der Waals surface area contributed by atoms with Gasteiger partial charge in [-0.1, -0.05) is 29.8 Å². The van der Waals surface area contributed by atoms with Crippen molar-refractivity contribution >= 4 is 22.5 Å². The van der Waals surface area contributed by atoms with Crippen molar-refractivity contribution in [1.82, 2.24) is 9.55 Å². The largest absolute Gasteiger partial charge is 0.497 e. The fraction of sp³-hybridized carbons (Fsp3) is 0.130. The van der Waals surface area contributed by atoms with Gasteiger partial charge in [0.25, 0.3) is 5.56 Å². The Morgan fingerprint density at radius 3 is 2.40 bits per heavy atom. The maximum absolute atomic E-state index is 14.2. The molecule has 0 aliphatic rings. The second-order valence-corrected chi connectivity index (χ2v) is 7.31. The molecule has 0 fully saturated rings. The van der Waals surface area contributed by atoms with Gasteiger partial charge in [-0.15, -0.1) is 0 Å². The zero-order valence-electron chi connectivity index (χ0n) is 16.2. The highest BCUT2D eigenvalue weighted by atomic mass is 35.5. The van der Waals surface area contributed by atoms with Crippen LogP contribution in [-0.2, 0) is 6.54 Å². The molecule has 0 bridgehead atoms. The van der Waals surface area contributed by atoms with Crippen molar-refractivity contribution in [3.63, 3.8) is 0 Å². The van der Waals surface area contributed by atoms with E-state index < -0.39 is 11.6 Å². The van der Waals surface area contributed by atoms with Crippen LogP contribution >= 0.6 is 11.6 Å². The third-order valence-electron chi connectivity index (χ3n) is 4.90. The molecule has 4 aromatic rings. The highest BCUT2D eigenvalue weighted by molar-refractivity contribution is 6.35. The lowest BCUT2D eigenvalue weighted by Crippen LogP contribution is -2.22. The summed E-state index contributed by atoms with van der Waals surface area (Å²) in [4.78, 5) is 17.4. The number of benzene rings is 2. The number of hydrogen-bond acceptors (Lipinski definition) is 3. The molecule has 7 heteroatoms. The molecule has 4 nitrogen and oxygen atoms in total. The van der Waals surface area contributed by atoms with Crippen LogP contribution in [0.5, 0.6) is 5.75 Å². The molecule has 0 radical (unpaired) electrons. The van der Waals surface area contributed by atoms with Crippen molar-refractivity contribution in [3.05, 3.63) is 92.9 Å². The van der Waals surface area contributed by atoms with Gasteiger partial charge in [-0.3, -0.25) is 4.79 Å². The molecule has 4 rings (SSSR count). The van der Waals surface area contributed by atoms with Gasteiger partial charge in [0, 0.05) is 6.20 Å². The van der Waals surface area contributed by atoms with E-state index in [-0.39, 0.29) is 27.2 Å². The van der Waals surface area contributed by atoms with E-state index >= 15 is 0 Å². The zero-order chi connectivity index (χ0) is 21.4. The van der Waals surface area contributed by atoms with Crippen LogP contribution in [0.4, 0.5) is 8.78 Å². The number of ether oxygens (including phenoxy) is 1. The van der Waals surface area contributed by atoms with Crippen molar-refractivity contribution in [2.45, 2.75) is 13.5 Å². The molecule has 0 saturated carbocycles. The number of pyridine rings is 2. The smallest absolute Gasteiger partial charge is 0.261 e. The summed E-state index contributed by atoms with van der Waals surface area (Å²) >= 11 is 6.39. The van der Waals surface area contributed by atoms with Gasteiger partial charge >= 0.3 is 0 Å². The van der Waals surface area contributed by atoms with Gasteiger partial charge < -0.3 is 9.30 Å². The van der Waals surface area contributed by atoms with E-state index in [1.54, 1.807) is 20.2 Å². The Labute approximate surface area is 176 Å². The zero-order valence-corrected chi connectivity index (χ0v) is 17.0.